The van der Waals surface area contributed by atoms with Crippen LogP contribution >= 0.6 is 11.6 Å². The predicted octanol–water partition coefficient (Wildman–Crippen LogP) is 2.54. The van der Waals surface area contributed by atoms with Gasteiger partial charge in [-0.2, -0.15) is 0 Å². The molecule has 1 aromatic rings. The molecule has 76 valence electrons. The van der Waals surface area contributed by atoms with Gasteiger partial charge in [-0.05, 0) is 30.0 Å². The first-order valence-electron chi connectivity index (χ1n) is 4.87. The number of rotatable bonds is 3. The molecular weight excluding hydrogens is 198 g/mol. The zero-order chi connectivity index (χ0) is 10.1. The summed E-state index contributed by atoms with van der Waals surface area (Å²) in [5.41, 5.74) is 1.12. The van der Waals surface area contributed by atoms with Crippen molar-refractivity contribution < 1.29 is 5.11 Å². The average molecular weight is 212 g/mol. The van der Waals surface area contributed by atoms with Crippen LogP contribution in [0, 0.1) is 5.92 Å². The minimum atomic E-state index is 0.148. The molecule has 0 spiro atoms. The standard InChI is InChI=1S/C11H14ClNO/c1-7-4-10(7)13-6-8-2-3-11(14)9(12)5-8/h2-3,5,7,10,13-14H,4,6H2,1H3/t7-,10-/m1/s1. The Labute approximate surface area is 88.9 Å². The molecule has 0 saturated heterocycles. The summed E-state index contributed by atoms with van der Waals surface area (Å²) in [7, 11) is 0. The highest BCUT2D eigenvalue weighted by Gasteiger charge is 2.31. The Kier molecular flexibility index (Phi) is 2.66. The first-order chi connectivity index (χ1) is 6.66. The highest BCUT2D eigenvalue weighted by molar-refractivity contribution is 6.32. The highest BCUT2D eigenvalue weighted by atomic mass is 35.5. The molecule has 1 aliphatic carbocycles. The Bertz CT molecular complexity index is 340. The zero-order valence-electron chi connectivity index (χ0n) is 8.13. The van der Waals surface area contributed by atoms with Crippen LogP contribution in [0.25, 0.3) is 0 Å². The summed E-state index contributed by atoms with van der Waals surface area (Å²) < 4.78 is 0. The van der Waals surface area contributed by atoms with Crippen LogP contribution in [0.2, 0.25) is 5.02 Å². The lowest BCUT2D eigenvalue weighted by Gasteiger charge is -2.04. The lowest BCUT2D eigenvalue weighted by atomic mass is 10.2. The van der Waals surface area contributed by atoms with Crippen LogP contribution in [0.15, 0.2) is 18.2 Å². The van der Waals surface area contributed by atoms with Gasteiger partial charge in [0.1, 0.15) is 5.75 Å². The Hall–Kier alpha value is -0.730. The molecule has 0 aromatic heterocycles. The Morgan fingerprint density at radius 3 is 2.86 bits per heavy atom. The zero-order valence-corrected chi connectivity index (χ0v) is 8.88. The van der Waals surface area contributed by atoms with E-state index in [-0.39, 0.29) is 5.75 Å². The van der Waals surface area contributed by atoms with Gasteiger partial charge in [0.25, 0.3) is 0 Å². The molecule has 0 heterocycles. The molecule has 2 atom stereocenters. The van der Waals surface area contributed by atoms with Gasteiger partial charge in [0, 0.05) is 12.6 Å². The van der Waals surface area contributed by atoms with Gasteiger partial charge in [-0.25, -0.2) is 0 Å². The molecule has 0 radical (unpaired) electrons. The second kappa shape index (κ2) is 3.79. The molecule has 0 unspecified atom stereocenters. The minimum absolute atomic E-state index is 0.148. The van der Waals surface area contributed by atoms with Crippen molar-refractivity contribution in [1.82, 2.24) is 5.32 Å². The fourth-order valence-electron chi connectivity index (χ4n) is 1.52. The van der Waals surface area contributed by atoms with Crippen molar-refractivity contribution in [3.8, 4) is 5.75 Å². The van der Waals surface area contributed by atoms with E-state index in [1.165, 1.54) is 6.42 Å². The number of hydrogen-bond acceptors (Lipinski definition) is 2. The first-order valence-corrected chi connectivity index (χ1v) is 5.25. The van der Waals surface area contributed by atoms with Crippen molar-refractivity contribution in [3.63, 3.8) is 0 Å². The number of phenols is 1. The molecular formula is C11H14ClNO. The van der Waals surface area contributed by atoms with Crippen LogP contribution in [-0.4, -0.2) is 11.1 Å². The van der Waals surface area contributed by atoms with E-state index in [0.717, 1.165) is 18.0 Å². The molecule has 0 bridgehead atoms. The second-order valence-corrected chi connectivity index (χ2v) is 4.39. The van der Waals surface area contributed by atoms with Crippen LogP contribution < -0.4 is 5.32 Å². The monoisotopic (exact) mass is 211 g/mol. The van der Waals surface area contributed by atoms with Crippen LogP contribution in [0.3, 0.4) is 0 Å². The van der Waals surface area contributed by atoms with Gasteiger partial charge in [-0.15, -0.1) is 0 Å². The van der Waals surface area contributed by atoms with E-state index < -0.39 is 0 Å². The van der Waals surface area contributed by atoms with Crippen molar-refractivity contribution in [2.75, 3.05) is 0 Å². The summed E-state index contributed by atoms with van der Waals surface area (Å²) in [5.74, 6) is 0.956. The summed E-state index contributed by atoms with van der Waals surface area (Å²) in [5, 5.41) is 13.1. The topological polar surface area (TPSA) is 32.3 Å². The summed E-state index contributed by atoms with van der Waals surface area (Å²) in [6, 6.07) is 6.00. The summed E-state index contributed by atoms with van der Waals surface area (Å²) >= 11 is 5.80. The normalized spacial score (nSPS) is 25.0. The van der Waals surface area contributed by atoms with Crippen molar-refractivity contribution in [3.05, 3.63) is 28.8 Å². The van der Waals surface area contributed by atoms with Crippen molar-refractivity contribution in [2.24, 2.45) is 5.92 Å². The van der Waals surface area contributed by atoms with Gasteiger partial charge in [0.15, 0.2) is 0 Å². The largest absolute Gasteiger partial charge is 0.506 e. The fourth-order valence-corrected chi connectivity index (χ4v) is 1.72. The SMILES string of the molecule is C[C@@H]1C[C@H]1NCc1ccc(O)c(Cl)c1. The van der Waals surface area contributed by atoms with Gasteiger partial charge in [-0.3, -0.25) is 0 Å². The number of halogens is 1. The van der Waals surface area contributed by atoms with E-state index in [9.17, 15) is 5.11 Å². The van der Waals surface area contributed by atoms with Crippen LogP contribution in [0.5, 0.6) is 5.75 Å². The molecule has 1 aromatic carbocycles. The van der Waals surface area contributed by atoms with Crippen LogP contribution in [0.4, 0.5) is 0 Å². The molecule has 14 heavy (non-hydrogen) atoms. The highest BCUT2D eigenvalue weighted by Crippen LogP contribution is 2.29. The van der Waals surface area contributed by atoms with Gasteiger partial charge in [0.05, 0.1) is 5.02 Å². The molecule has 2 rings (SSSR count). The number of nitrogens with one attached hydrogen (secondary N) is 1. The number of aromatic hydroxyl groups is 1. The Morgan fingerprint density at radius 2 is 2.29 bits per heavy atom. The van der Waals surface area contributed by atoms with E-state index in [0.29, 0.717) is 11.1 Å². The van der Waals surface area contributed by atoms with E-state index in [1.807, 2.05) is 6.07 Å². The predicted molar refractivity (Wildman–Crippen MR) is 57.5 cm³/mol. The lowest BCUT2D eigenvalue weighted by molar-refractivity contribution is 0.475. The number of phenolic OH excluding ortho intramolecular Hbond substituents is 1. The van der Waals surface area contributed by atoms with Crippen LogP contribution in [-0.2, 0) is 6.54 Å². The fraction of sp³-hybridized carbons (Fsp3) is 0.455. The molecule has 1 aliphatic rings. The Morgan fingerprint density at radius 1 is 1.57 bits per heavy atom. The van der Waals surface area contributed by atoms with Crippen molar-refractivity contribution in [2.45, 2.75) is 25.9 Å². The molecule has 1 saturated carbocycles. The average Bonchev–Trinajstić information content (AvgIpc) is 2.85. The third-order valence-corrected chi connectivity index (χ3v) is 2.99. The second-order valence-electron chi connectivity index (χ2n) is 3.99. The summed E-state index contributed by atoms with van der Waals surface area (Å²) in [4.78, 5) is 0. The van der Waals surface area contributed by atoms with E-state index in [4.69, 9.17) is 11.6 Å². The summed E-state index contributed by atoms with van der Waals surface area (Å²) in [6.45, 7) is 3.07. The maximum Gasteiger partial charge on any atom is 0.134 e. The smallest absolute Gasteiger partial charge is 0.134 e. The van der Waals surface area contributed by atoms with Crippen LogP contribution in [0.1, 0.15) is 18.9 Å². The molecule has 3 heteroatoms. The molecule has 1 fully saturated rings. The van der Waals surface area contributed by atoms with E-state index >= 15 is 0 Å². The van der Waals surface area contributed by atoms with Gasteiger partial charge in [0.2, 0.25) is 0 Å². The minimum Gasteiger partial charge on any atom is -0.506 e. The third-order valence-electron chi connectivity index (χ3n) is 2.69. The maximum absolute atomic E-state index is 9.22. The maximum atomic E-state index is 9.22. The quantitative estimate of drug-likeness (QED) is 0.806. The van der Waals surface area contributed by atoms with E-state index in [2.05, 4.69) is 12.2 Å². The van der Waals surface area contributed by atoms with Gasteiger partial charge >= 0.3 is 0 Å². The third kappa shape index (κ3) is 2.20. The molecule has 0 amide bonds. The van der Waals surface area contributed by atoms with E-state index in [1.54, 1.807) is 12.1 Å². The molecule has 0 aliphatic heterocycles. The first kappa shape index (κ1) is 9.81. The van der Waals surface area contributed by atoms with Gasteiger partial charge < -0.3 is 10.4 Å². The lowest BCUT2D eigenvalue weighted by Crippen LogP contribution is -2.16. The Balaban J connectivity index is 1.92. The molecule has 2 N–H and O–H groups in total. The summed E-state index contributed by atoms with van der Waals surface area (Å²) in [6.07, 6.45) is 1.27. The van der Waals surface area contributed by atoms with Crippen molar-refractivity contribution in [1.29, 1.82) is 0 Å². The molecule has 2 nitrogen and oxygen atoms in total. The van der Waals surface area contributed by atoms with Crippen molar-refractivity contribution >= 4 is 11.6 Å². The number of benzene rings is 1. The van der Waals surface area contributed by atoms with Gasteiger partial charge in [-0.1, -0.05) is 24.6 Å². The number of hydrogen-bond donors (Lipinski definition) is 2.